The van der Waals surface area contributed by atoms with Crippen molar-refractivity contribution in [2.45, 2.75) is 26.3 Å². The Hall–Kier alpha value is -0.190. The highest BCUT2D eigenvalue weighted by Gasteiger charge is 2.26. The van der Waals surface area contributed by atoms with Crippen LogP contribution < -0.4 is 10.1 Å². The van der Waals surface area contributed by atoms with Crippen LogP contribution in [-0.2, 0) is 0 Å². The largest absolute Gasteiger partial charge is 0.495 e. The summed E-state index contributed by atoms with van der Waals surface area (Å²) < 4.78 is 5.37. The van der Waals surface area contributed by atoms with Crippen molar-refractivity contribution in [3.8, 4) is 5.75 Å². The van der Waals surface area contributed by atoms with E-state index in [1.54, 1.807) is 7.11 Å². The van der Waals surface area contributed by atoms with Crippen molar-refractivity contribution in [2.24, 2.45) is 5.92 Å². The number of hydrogen-bond acceptors (Lipinski definition) is 3. The maximum Gasteiger partial charge on any atom is 0.137 e. The summed E-state index contributed by atoms with van der Waals surface area (Å²) in [5.41, 5.74) is 1.31. The maximum absolute atomic E-state index is 6.15. The molecule has 1 aliphatic heterocycles. The molecule has 2 atom stereocenters. The first-order valence-corrected chi connectivity index (χ1v) is 7.83. The van der Waals surface area contributed by atoms with Crippen LogP contribution in [0.5, 0.6) is 5.75 Å². The van der Waals surface area contributed by atoms with Crippen molar-refractivity contribution < 1.29 is 4.74 Å². The summed E-state index contributed by atoms with van der Waals surface area (Å²) in [7, 11) is 1.67. The average molecular weight is 370 g/mol. The molecule has 1 aliphatic rings. The first-order chi connectivity index (χ1) is 9.67. The molecule has 1 unspecified atom stereocenters. The van der Waals surface area contributed by atoms with Gasteiger partial charge in [0.25, 0.3) is 0 Å². The zero-order chi connectivity index (χ0) is 14.5. The Bertz CT molecular complexity index is 439. The Balaban J connectivity index is 0.00000220. The molecule has 0 aromatic heterocycles. The van der Waals surface area contributed by atoms with E-state index < -0.39 is 0 Å². The van der Waals surface area contributed by atoms with Gasteiger partial charge in [-0.25, -0.2) is 0 Å². The lowest BCUT2D eigenvalue weighted by molar-refractivity contribution is 0.128. The van der Waals surface area contributed by atoms with Gasteiger partial charge in [-0.2, -0.15) is 0 Å². The van der Waals surface area contributed by atoms with Crippen LogP contribution >= 0.6 is 36.4 Å². The number of halogens is 3. The van der Waals surface area contributed by atoms with Crippen LogP contribution in [0, 0.1) is 5.92 Å². The molecule has 0 aliphatic carbocycles. The Morgan fingerprint density at radius 2 is 1.91 bits per heavy atom. The van der Waals surface area contributed by atoms with Crippen LogP contribution in [-0.4, -0.2) is 38.2 Å². The van der Waals surface area contributed by atoms with Gasteiger partial charge in [0.05, 0.1) is 12.1 Å². The summed E-state index contributed by atoms with van der Waals surface area (Å²) in [6.07, 6.45) is 1.17. The third-order valence-corrected chi connectivity index (χ3v) is 4.56. The van der Waals surface area contributed by atoms with Crippen LogP contribution in [0.3, 0.4) is 0 Å². The number of benzene rings is 1. The summed E-state index contributed by atoms with van der Waals surface area (Å²) in [4.78, 5) is 2.58. The molecule has 128 valence electrons. The molecular formula is C16H27Cl3N2O. The highest BCUT2D eigenvalue weighted by Crippen LogP contribution is 2.35. The van der Waals surface area contributed by atoms with Gasteiger partial charge >= 0.3 is 0 Å². The first kappa shape index (κ1) is 21.8. The van der Waals surface area contributed by atoms with E-state index >= 15 is 0 Å². The number of nitrogens with zero attached hydrogens (tertiary/aromatic N) is 1. The summed E-state index contributed by atoms with van der Waals surface area (Å²) >= 11 is 6.15. The molecule has 22 heavy (non-hydrogen) atoms. The SMILES string of the molecule is CCC(C)[C@H](c1ccc(Cl)c(OC)c1)N1CCNCC1.Cl.Cl. The van der Waals surface area contributed by atoms with Crippen molar-refractivity contribution >= 4 is 36.4 Å². The summed E-state index contributed by atoms with van der Waals surface area (Å²) in [6.45, 7) is 8.91. The second-order valence-corrected chi connectivity index (χ2v) is 5.92. The third kappa shape index (κ3) is 5.17. The maximum atomic E-state index is 6.15. The van der Waals surface area contributed by atoms with Gasteiger partial charge in [0, 0.05) is 32.2 Å². The second kappa shape index (κ2) is 10.6. The van der Waals surface area contributed by atoms with Gasteiger partial charge in [0.15, 0.2) is 0 Å². The summed E-state index contributed by atoms with van der Waals surface area (Å²) in [6, 6.07) is 6.63. The molecule has 2 rings (SSSR count). The van der Waals surface area contributed by atoms with Gasteiger partial charge in [0.1, 0.15) is 5.75 Å². The van der Waals surface area contributed by atoms with Crippen molar-refractivity contribution in [3.05, 3.63) is 28.8 Å². The van der Waals surface area contributed by atoms with Gasteiger partial charge in [-0.15, -0.1) is 24.8 Å². The van der Waals surface area contributed by atoms with Crippen molar-refractivity contribution in [1.82, 2.24) is 10.2 Å². The van der Waals surface area contributed by atoms with Crippen molar-refractivity contribution in [3.63, 3.8) is 0 Å². The lowest BCUT2D eigenvalue weighted by atomic mass is 9.90. The predicted octanol–water partition coefficient (Wildman–Crippen LogP) is 4.18. The van der Waals surface area contributed by atoms with Crippen molar-refractivity contribution in [1.29, 1.82) is 0 Å². The molecule has 0 saturated carbocycles. The monoisotopic (exact) mass is 368 g/mol. The molecule has 1 saturated heterocycles. The molecule has 6 heteroatoms. The van der Waals surface area contributed by atoms with Gasteiger partial charge in [0.2, 0.25) is 0 Å². The second-order valence-electron chi connectivity index (χ2n) is 5.51. The normalized spacial score (nSPS) is 17.8. The van der Waals surface area contributed by atoms with Crippen LogP contribution in [0.2, 0.25) is 5.02 Å². The predicted molar refractivity (Wildman–Crippen MR) is 99.1 cm³/mol. The Morgan fingerprint density at radius 3 is 2.45 bits per heavy atom. The minimum atomic E-state index is 0. The molecule has 1 heterocycles. The molecule has 3 nitrogen and oxygen atoms in total. The van der Waals surface area contributed by atoms with Gasteiger partial charge in [-0.1, -0.05) is 37.9 Å². The Labute approximate surface area is 151 Å². The average Bonchev–Trinajstić information content (AvgIpc) is 2.50. The topological polar surface area (TPSA) is 24.5 Å². The van der Waals surface area contributed by atoms with Gasteiger partial charge in [-0.3, -0.25) is 4.90 Å². The Kier molecular flexibility index (Phi) is 10.5. The minimum Gasteiger partial charge on any atom is -0.495 e. The lowest BCUT2D eigenvalue weighted by Crippen LogP contribution is -2.46. The number of piperazine rings is 1. The molecule has 0 spiro atoms. The molecule has 1 aromatic rings. The van der Waals surface area contributed by atoms with Gasteiger partial charge in [-0.05, 0) is 23.6 Å². The molecule has 0 amide bonds. The fraction of sp³-hybridized carbons (Fsp3) is 0.625. The molecular weight excluding hydrogens is 343 g/mol. The van der Waals surface area contributed by atoms with Crippen LogP contribution in [0.15, 0.2) is 18.2 Å². The first-order valence-electron chi connectivity index (χ1n) is 7.45. The fourth-order valence-electron chi connectivity index (χ4n) is 2.94. The van der Waals surface area contributed by atoms with E-state index in [1.807, 2.05) is 6.07 Å². The number of ether oxygens (including phenoxy) is 1. The minimum absolute atomic E-state index is 0. The van der Waals surface area contributed by atoms with E-state index in [2.05, 4.69) is 36.2 Å². The third-order valence-electron chi connectivity index (χ3n) is 4.24. The lowest BCUT2D eigenvalue weighted by Gasteiger charge is -2.38. The number of nitrogens with one attached hydrogen (secondary N) is 1. The zero-order valence-electron chi connectivity index (χ0n) is 13.5. The highest BCUT2D eigenvalue weighted by molar-refractivity contribution is 6.32. The van der Waals surface area contributed by atoms with E-state index in [9.17, 15) is 0 Å². The zero-order valence-corrected chi connectivity index (χ0v) is 15.9. The number of rotatable bonds is 5. The smallest absolute Gasteiger partial charge is 0.137 e. The number of hydrogen-bond donors (Lipinski definition) is 1. The standard InChI is InChI=1S/C16H25ClN2O.2ClH/c1-4-12(2)16(19-9-7-18-8-10-19)13-5-6-14(17)15(11-13)20-3;;/h5-6,11-12,16,18H,4,7-10H2,1-3H3;2*1H/t12?,16-;;/m1../s1. The fourth-order valence-corrected chi connectivity index (χ4v) is 3.14. The molecule has 1 fully saturated rings. The quantitative estimate of drug-likeness (QED) is 0.842. The molecule has 1 N–H and O–H groups in total. The molecule has 0 radical (unpaired) electrons. The van der Waals surface area contributed by atoms with Crippen molar-refractivity contribution in [2.75, 3.05) is 33.3 Å². The van der Waals surface area contributed by atoms with Crippen LogP contribution in [0.25, 0.3) is 0 Å². The van der Waals surface area contributed by atoms with E-state index in [-0.39, 0.29) is 24.8 Å². The molecule has 1 aromatic carbocycles. The van der Waals surface area contributed by atoms with Gasteiger partial charge < -0.3 is 10.1 Å². The summed E-state index contributed by atoms with van der Waals surface area (Å²) in [5.74, 6) is 1.38. The van der Waals surface area contributed by atoms with E-state index in [4.69, 9.17) is 16.3 Å². The van der Waals surface area contributed by atoms with E-state index in [1.165, 1.54) is 12.0 Å². The highest BCUT2D eigenvalue weighted by atomic mass is 35.5. The van der Waals surface area contributed by atoms with E-state index in [0.29, 0.717) is 17.0 Å². The van der Waals surface area contributed by atoms with Crippen LogP contribution in [0.4, 0.5) is 0 Å². The summed E-state index contributed by atoms with van der Waals surface area (Å²) in [5, 5.41) is 4.10. The molecule has 0 bridgehead atoms. The number of methoxy groups -OCH3 is 1. The Morgan fingerprint density at radius 1 is 1.27 bits per heavy atom. The van der Waals surface area contributed by atoms with E-state index in [0.717, 1.165) is 31.9 Å². The van der Waals surface area contributed by atoms with Crippen LogP contribution in [0.1, 0.15) is 31.9 Å².